The van der Waals surface area contributed by atoms with E-state index in [2.05, 4.69) is 41.5 Å². The third kappa shape index (κ3) is 2.93. The second-order valence-electron chi connectivity index (χ2n) is 6.02. The summed E-state index contributed by atoms with van der Waals surface area (Å²) in [4.78, 5) is 2.44. The molecule has 1 N–H and O–H groups in total. The van der Waals surface area contributed by atoms with Crippen molar-refractivity contribution in [2.24, 2.45) is 5.92 Å². The first-order valence-electron chi connectivity index (χ1n) is 7.30. The Morgan fingerprint density at radius 3 is 2.78 bits per heavy atom. The van der Waals surface area contributed by atoms with Crippen LogP contribution in [0.25, 0.3) is 0 Å². The van der Waals surface area contributed by atoms with Crippen molar-refractivity contribution >= 4 is 0 Å². The van der Waals surface area contributed by atoms with Gasteiger partial charge in [0.1, 0.15) is 0 Å². The molecule has 1 aromatic rings. The largest absolute Gasteiger partial charge is 0.312 e. The van der Waals surface area contributed by atoms with Crippen LogP contribution in [0.3, 0.4) is 0 Å². The molecule has 3 rings (SSSR count). The second-order valence-corrected chi connectivity index (χ2v) is 6.02. The average molecular weight is 244 g/mol. The van der Waals surface area contributed by atoms with Crippen LogP contribution in [0.5, 0.6) is 0 Å². The molecule has 0 amide bonds. The lowest BCUT2D eigenvalue weighted by atomic mass is 10.0. The van der Waals surface area contributed by atoms with Gasteiger partial charge >= 0.3 is 0 Å². The van der Waals surface area contributed by atoms with Gasteiger partial charge in [-0.25, -0.2) is 0 Å². The molecule has 1 heterocycles. The number of hydrogen-bond donors (Lipinski definition) is 1. The van der Waals surface area contributed by atoms with E-state index in [4.69, 9.17) is 0 Å². The first-order chi connectivity index (χ1) is 8.83. The third-order valence-electron chi connectivity index (χ3n) is 4.31. The highest BCUT2D eigenvalue weighted by Crippen LogP contribution is 2.41. The molecule has 2 fully saturated rings. The van der Waals surface area contributed by atoms with E-state index >= 15 is 0 Å². The van der Waals surface area contributed by atoms with Gasteiger partial charge in [-0.1, -0.05) is 24.3 Å². The topological polar surface area (TPSA) is 15.3 Å². The summed E-state index contributed by atoms with van der Waals surface area (Å²) >= 11 is 0. The van der Waals surface area contributed by atoms with Crippen molar-refractivity contribution in [1.82, 2.24) is 10.2 Å². The standard InChI is InChI=1S/C16H24N2/c1-18-9-8-13(12-18)10-17-11-15-4-2-3-5-16(15)14-6-7-14/h2-5,13-14,17H,6-12H2,1H3. The Kier molecular flexibility index (Phi) is 3.67. The number of hydrogen-bond acceptors (Lipinski definition) is 2. The lowest BCUT2D eigenvalue weighted by Crippen LogP contribution is -2.25. The minimum atomic E-state index is 0.850. The van der Waals surface area contributed by atoms with E-state index in [1.165, 1.54) is 44.5 Å². The highest BCUT2D eigenvalue weighted by molar-refractivity contribution is 5.33. The van der Waals surface area contributed by atoms with E-state index in [9.17, 15) is 0 Å². The molecule has 1 atom stereocenters. The molecule has 0 radical (unpaired) electrons. The molecule has 1 saturated carbocycles. The zero-order valence-corrected chi connectivity index (χ0v) is 11.4. The quantitative estimate of drug-likeness (QED) is 0.856. The van der Waals surface area contributed by atoms with Gasteiger partial charge in [0.2, 0.25) is 0 Å². The lowest BCUT2D eigenvalue weighted by Gasteiger charge is -2.13. The van der Waals surface area contributed by atoms with Crippen LogP contribution in [-0.2, 0) is 6.54 Å². The van der Waals surface area contributed by atoms with Gasteiger partial charge in [0.05, 0.1) is 0 Å². The fourth-order valence-corrected chi connectivity index (χ4v) is 3.09. The minimum Gasteiger partial charge on any atom is -0.312 e. The molecule has 1 aliphatic heterocycles. The number of rotatable bonds is 5. The molecule has 98 valence electrons. The van der Waals surface area contributed by atoms with E-state index in [1.807, 2.05) is 0 Å². The molecule has 2 aliphatic rings. The average Bonchev–Trinajstić information content (AvgIpc) is 3.14. The van der Waals surface area contributed by atoms with Gasteiger partial charge in [0, 0.05) is 13.1 Å². The monoisotopic (exact) mass is 244 g/mol. The van der Waals surface area contributed by atoms with Crippen molar-refractivity contribution in [2.45, 2.75) is 31.7 Å². The van der Waals surface area contributed by atoms with E-state index in [0.29, 0.717) is 0 Å². The summed E-state index contributed by atoms with van der Waals surface area (Å²) in [5, 5.41) is 3.66. The molecular weight excluding hydrogens is 220 g/mol. The maximum absolute atomic E-state index is 3.66. The number of likely N-dealkylation sites (tertiary alicyclic amines) is 1. The first-order valence-corrected chi connectivity index (χ1v) is 7.30. The van der Waals surface area contributed by atoms with E-state index in [1.54, 1.807) is 5.56 Å². The predicted molar refractivity (Wildman–Crippen MR) is 75.7 cm³/mol. The van der Waals surface area contributed by atoms with Crippen molar-refractivity contribution in [3.05, 3.63) is 35.4 Å². The summed E-state index contributed by atoms with van der Waals surface area (Å²) in [7, 11) is 2.22. The van der Waals surface area contributed by atoms with Crippen LogP contribution < -0.4 is 5.32 Å². The SMILES string of the molecule is CN1CCC(CNCc2ccccc2C2CC2)C1. The summed E-state index contributed by atoms with van der Waals surface area (Å²) in [5.41, 5.74) is 3.11. The fraction of sp³-hybridized carbons (Fsp3) is 0.625. The molecule has 1 unspecified atom stereocenters. The smallest absolute Gasteiger partial charge is 0.0208 e. The Morgan fingerprint density at radius 2 is 2.06 bits per heavy atom. The maximum atomic E-state index is 3.66. The third-order valence-corrected chi connectivity index (χ3v) is 4.31. The Balaban J connectivity index is 1.50. The van der Waals surface area contributed by atoms with E-state index in [0.717, 1.165) is 18.4 Å². The Labute approximate surface area is 110 Å². The fourth-order valence-electron chi connectivity index (χ4n) is 3.09. The molecule has 1 saturated heterocycles. The normalized spacial score (nSPS) is 24.6. The highest BCUT2D eigenvalue weighted by Gasteiger charge is 2.25. The molecule has 0 aromatic heterocycles. The Hall–Kier alpha value is -0.860. The predicted octanol–water partition coefficient (Wildman–Crippen LogP) is 2.61. The second kappa shape index (κ2) is 5.41. The summed E-state index contributed by atoms with van der Waals surface area (Å²) in [6.45, 7) is 4.75. The van der Waals surface area contributed by atoms with Gasteiger partial charge in [0.25, 0.3) is 0 Å². The van der Waals surface area contributed by atoms with E-state index < -0.39 is 0 Å². The van der Waals surface area contributed by atoms with Crippen LogP contribution in [0.4, 0.5) is 0 Å². The van der Waals surface area contributed by atoms with Crippen LogP contribution in [0.2, 0.25) is 0 Å². The molecule has 1 aromatic carbocycles. The first kappa shape index (κ1) is 12.2. The van der Waals surface area contributed by atoms with Crippen molar-refractivity contribution < 1.29 is 0 Å². The van der Waals surface area contributed by atoms with Gasteiger partial charge < -0.3 is 10.2 Å². The number of nitrogens with one attached hydrogen (secondary N) is 1. The molecule has 2 nitrogen and oxygen atoms in total. The Morgan fingerprint density at radius 1 is 1.22 bits per heavy atom. The van der Waals surface area contributed by atoms with Crippen LogP contribution >= 0.6 is 0 Å². The maximum Gasteiger partial charge on any atom is 0.0208 e. The summed E-state index contributed by atoms with van der Waals surface area (Å²) in [5.74, 6) is 1.71. The van der Waals surface area contributed by atoms with Crippen LogP contribution in [-0.4, -0.2) is 31.6 Å². The van der Waals surface area contributed by atoms with E-state index in [-0.39, 0.29) is 0 Å². The van der Waals surface area contributed by atoms with Crippen LogP contribution in [0.1, 0.15) is 36.3 Å². The van der Waals surface area contributed by atoms with Crippen molar-refractivity contribution in [3.8, 4) is 0 Å². The molecule has 18 heavy (non-hydrogen) atoms. The van der Waals surface area contributed by atoms with Gasteiger partial charge in [-0.3, -0.25) is 0 Å². The number of benzene rings is 1. The van der Waals surface area contributed by atoms with Crippen molar-refractivity contribution in [3.63, 3.8) is 0 Å². The van der Waals surface area contributed by atoms with Gasteiger partial charge in [0.15, 0.2) is 0 Å². The van der Waals surface area contributed by atoms with Gasteiger partial charge in [-0.05, 0) is 62.4 Å². The molecule has 0 spiro atoms. The molecule has 2 heteroatoms. The molecule has 1 aliphatic carbocycles. The summed E-state index contributed by atoms with van der Waals surface area (Å²) < 4.78 is 0. The van der Waals surface area contributed by atoms with Crippen LogP contribution in [0, 0.1) is 5.92 Å². The minimum absolute atomic E-state index is 0.850. The zero-order valence-electron chi connectivity index (χ0n) is 11.4. The van der Waals surface area contributed by atoms with Gasteiger partial charge in [-0.2, -0.15) is 0 Å². The van der Waals surface area contributed by atoms with Crippen LogP contribution in [0.15, 0.2) is 24.3 Å². The molecular formula is C16H24N2. The summed E-state index contributed by atoms with van der Waals surface area (Å²) in [6, 6.07) is 8.97. The number of nitrogens with zero attached hydrogens (tertiary/aromatic N) is 1. The Bertz CT molecular complexity index is 398. The lowest BCUT2D eigenvalue weighted by molar-refractivity contribution is 0.388. The molecule has 0 bridgehead atoms. The zero-order chi connectivity index (χ0) is 12.4. The van der Waals surface area contributed by atoms with Crippen molar-refractivity contribution in [2.75, 3.05) is 26.7 Å². The highest BCUT2D eigenvalue weighted by atomic mass is 15.1. The van der Waals surface area contributed by atoms with Gasteiger partial charge in [-0.15, -0.1) is 0 Å². The summed E-state index contributed by atoms with van der Waals surface area (Å²) in [6.07, 6.45) is 4.14. The van der Waals surface area contributed by atoms with Crippen molar-refractivity contribution in [1.29, 1.82) is 0 Å².